The van der Waals surface area contributed by atoms with E-state index in [-0.39, 0.29) is 12.1 Å². The van der Waals surface area contributed by atoms with Crippen molar-refractivity contribution in [3.8, 4) is 0 Å². The fourth-order valence-electron chi connectivity index (χ4n) is 8.02. The van der Waals surface area contributed by atoms with Crippen LogP contribution in [-0.4, -0.2) is 24.3 Å². The van der Waals surface area contributed by atoms with Crippen molar-refractivity contribution in [3.05, 3.63) is 153 Å². The van der Waals surface area contributed by atoms with Gasteiger partial charge in [0.05, 0.1) is 0 Å². The van der Waals surface area contributed by atoms with E-state index >= 15 is 0 Å². The first-order valence-electron chi connectivity index (χ1n) is 16.7. The first-order valence-corrected chi connectivity index (χ1v) is 18.1. The van der Waals surface area contributed by atoms with Crippen molar-refractivity contribution in [1.29, 1.82) is 0 Å². The van der Waals surface area contributed by atoms with Crippen molar-refractivity contribution in [3.63, 3.8) is 0 Å². The molecule has 1 saturated heterocycles. The third-order valence-electron chi connectivity index (χ3n) is 10.2. The highest BCUT2D eigenvalue weighted by atomic mass is 31.1. The molecule has 46 heavy (non-hydrogen) atoms. The van der Waals surface area contributed by atoms with E-state index < -0.39 is 24.3 Å². The normalized spacial score (nSPS) is 20.6. The topological polar surface area (TPSA) is 70.2 Å². The van der Waals surface area contributed by atoms with Gasteiger partial charge in [-0.25, -0.2) is 0 Å². The minimum atomic E-state index is -0.717. The number of benzene rings is 4. The largest absolute Gasteiger partial charge is 0.377 e. The van der Waals surface area contributed by atoms with Crippen LogP contribution in [0.25, 0.3) is 0 Å². The van der Waals surface area contributed by atoms with Gasteiger partial charge in [0.2, 0.25) is 0 Å². The van der Waals surface area contributed by atoms with E-state index in [4.69, 9.17) is 0 Å². The zero-order valence-electron chi connectivity index (χ0n) is 26.4. The van der Waals surface area contributed by atoms with Gasteiger partial charge in [-0.1, -0.05) is 128 Å². The maximum absolute atomic E-state index is 13.4. The summed E-state index contributed by atoms with van der Waals surface area (Å²) < 4.78 is 0. The lowest BCUT2D eigenvalue weighted by atomic mass is 9.75. The van der Waals surface area contributed by atoms with E-state index in [1.807, 2.05) is 36.4 Å². The molecule has 0 bridgehead atoms. The molecule has 2 fully saturated rings. The Morgan fingerprint density at radius 2 is 1.20 bits per heavy atom. The Morgan fingerprint density at radius 1 is 0.674 bits per heavy atom. The van der Waals surface area contributed by atoms with Crippen LogP contribution < -0.4 is 37.4 Å². The second kappa shape index (κ2) is 13.4. The predicted molar refractivity (Wildman–Crippen MR) is 193 cm³/mol. The average Bonchev–Trinajstić information content (AvgIpc) is 3.84. The van der Waals surface area contributed by atoms with Gasteiger partial charge in [-0.15, -0.1) is 0 Å². The first-order chi connectivity index (χ1) is 22.6. The Balaban J connectivity index is 1.23. The molecule has 6 heteroatoms. The van der Waals surface area contributed by atoms with Gasteiger partial charge in [0.1, 0.15) is 16.9 Å². The standard InChI is InChI=1S/C40H42N3O2P/c1-28(33-24-14-25-34(33)46(31-20-10-4-11-21-31)32-22-12-5-13-23-32)42-36-37(39(45)38(36)44)43-40(35-26-15-27-41-35,29-16-6-2-7-17-29)30-18-8-3-9-19-30/h2-13,16-23,28,33-35,41-43H,14-15,24-27H2,1H3/t28-,33+,34?,35?/m1/s1. The molecule has 0 aromatic heterocycles. The van der Waals surface area contributed by atoms with Crippen LogP contribution in [0.15, 0.2) is 131 Å². The molecule has 7 rings (SSSR count). The van der Waals surface area contributed by atoms with Crippen molar-refractivity contribution in [2.45, 2.75) is 62.3 Å². The predicted octanol–water partition coefficient (Wildman–Crippen LogP) is 6.49. The molecule has 4 atom stereocenters. The smallest absolute Gasteiger partial charge is 0.253 e. The molecular formula is C40H42N3O2P. The molecule has 1 aliphatic carbocycles. The summed E-state index contributed by atoms with van der Waals surface area (Å²) in [5, 5.41) is 13.9. The van der Waals surface area contributed by atoms with Crippen LogP contribution in [0.5, 0.6) is 0 Å². The third kappa shape index (κ3) is 5.61. The monoisotopic (exact) mass is 627 g/mol. The maximum atomic E-state index is 13.4. The van der Waals surface area contributed by atoms with Gasteiger partial charge in [-0.2, -0.15) is 0 Å². The van der Waals surface area contributed by atoms with E-state index in [1.54, 1.807) is 0 Å². The Hall–Kier alpha value is -4.05. The number of rotatable bonds is 11. The zero-order chi connectivity index (χ0) is 31.5. The Kier molecular flexibility index (Phi) is 8.88. The number of anilines is 2. The third-order valence-corrected chi connectivity index (χ3v) is 13.2. The zero-order valence-corrected chi connectivity index (χ0v) is 27.3. The summed E-state index contributed by atoms with van der Waals surface area (Å²) in [7, 11) is -0.587. The second-order valence-corrected chi connectivity index (χ2v) is 15.3. The molecule has 0 spiro atoms. The fourth-order valence-corrected chi connectivity index (χ4v) is 11.3. The molecule has 0 radical (unpaired) electrons. The van der Waals surface area contributed by atoms with Crippen molar-refractivity contribution in [2.24, 2.45) is 5.92 Å². The number of hydrogen-bond acceptors (Lipinski definition) is 5. The molecule has 2 unspecified atom stereocenters. The highest BCUT2D eigenvalue weighted by molar-refractivity contribution is 7.73. The van der Waals surface area contributed by atoms with Crippen LogP contribution in [0.2, 0.25) is 0 Å². The molecule has 1 aliphatic heterocycles. The summed E-state index contributed by atoms with van der Waals surface area (Å²) >= 11 is 0. The summed E-state index contributed by atoms with van der Waals surface area (Å²) in [6.45, 7) is 3.12. The van der Waals surface area contributed by atoms with Gasteiger partial charge < -0.3 is 16.0 Å². The summed E-state index contributed by atoms with van der Waals surface area (Å²) in [5.74, 6) is 0.369. The van der Waals surface area contributed by atoms with Gasteiger partial charge >= 0.3 is 0 Å². The Labute approximate surface area is 272 Å². The van der Waals surface area contributed by atoms with E-state index in [2.05, 4.69) is 108 Å². The Morgan fingerprint density at radius 3 is 1.72 bits per heavy atom. The Bertz CT molecular complexity index is 1720. The molecular weight excluding hydrogens is 585 g/mol. The second-order valence-electron chi connectivity index (χ2n) is 12.9. The SMILES string of the molecule is C[C@@H](Nc1c(NC(c2ccccc2)(c2ccccc2)C2CCCN2)c(=O)c1=O)[C@@H]1CCCC1P(c1ccccc1)c1ccccc1. The van der Waals surface area contributed by atoms with Crippen molar-refractivity contribution < 1.29 is 0 Å². The van der Waals surface area contributed by atoms with Gasteiger partial charge in [0, 0.05) is 12.1 Å². The molecule has 5 aromatic carbocycles. The van der Waals surface area contributed by atoms with E-state index in [0.29, 0.717) is 23.0 Å². The van der Waals surface area contributed by atoms with Crippen molar-refractivity contribution in [1.82, 2.24) is 5.32 Å². The lowest BCUT2D eigenvalue weighted by molar-refractivity contribution is 0.418. The van der Waals surface area contributed by atoms with Crippen LogP contribution >= 0.6 is 7.92 Å². The van der Waals surface area contributed by atoms with E-state index in [0.717, 1.165) is 49.8 Å². The molecule has 0 amide bonds. The van der Waals surface area contributed by atoms with Crippen molar-refractivity contribution in [2.75, 3.05) is 17.2 Å². The summed E-state index contributed by atoms with van der Waals surface area (Å²) in [6.07, 6.45) is 5.42. The van der Waals surface area contributed by atoms with Crippen molar-refractivity contribution >= 4 is 29.9 Å². The van der Waals surface area contributed by atoms with Gasteiger partial charge in [-0.05, 0) is 80.4 Å². The maximum Gasteiger partial charge on any atom is 0.253 e. The molecule has 234 valence electrons. The lowest BCUT2D eigenvalue weighted by Gasteiger charge is -2.43. The summed E-state index contributed by atoms with van der Waals surface area (Å²) in [4.78, 5) is 26.8. The highest BCUT2D eigenvalue weighted by Gasteiger charge is 2.46. The first kappa shape index (κ1) is 30.6. The number of hydrogen-bond donors (Lipinski definition) is 3. The summed E-state index contributed by atoms with van der Waals surface area (Å²) in [5.41, 5.74) is 1.86. The van der Waals surface area contributed by atoms with Gasteiger partial charge in [0.15, 0.2) is 0 Å². The van der Waals surface area contributed by atoms with E-state index in [9.17, 15) is 9.59 Å². The number of nitrogens with one attached hydrogen (secondary N) is 3. The van der Waals surface area contributed by atoms with Crippen LogP contribution in [0.4, 0.5) is 11.4 Å². The quantitative estimate of drug-likeness (QED) is 0.115. The minimum Gasteiger partial charge on any atom is -0.377 e. The van der Waals surface area contributed by atoms with E-state index in [1.165, 1.54) is 10.6 Å². The molecule has 1 saturated carbocycles. The molecule has 5 nitrogen and oxygen atoms in total. The van der Waals surface area contributed by atoms with Crippen LogP contribution in [0.1, 0.15) is 50.2 Å². The fraction of sp³-hybridized carbons (Fsp3) is 0.300. The summed E-state index contributed by atoms with van der Waals surface area (Å²) in [6, 6.07) is 42.6. The highest BCUT2D eigenvalue weighted by Crippen LogP contribution is 2.51. The van der Waals surface area contributed by atoms with Crippen LogP contribution in [-0.2, 0) is 5.54 Å². The minimum absolute atomic E-state index is 0.0289. The molecule has 3 N–H and O–H groups in total. The molecule has 2 aliphatic rings. The van der Waals surface area contributed by atoms with Crippen LogP contribution in [0, 0.1) is 5.92 Å². The molecule has 5 aromatic rings. The lowest BCUT2D eigenvalue weighted by Crippen LogP contribution is -2.54. The van der Waals surface area contributed by atoms with Gasteiger partial charge in [-0.3, -0.25) is 9.59 Å². The van der Waals surface area contributed by atoms with Crippen LogP contribution in [0.3, 0.4) is 0 Å². The average molecular weight is 628 g/mol. The van der Waals surface area contributed by atoms with Gasteiger partial charge in [0.25, 0.3) is 10.9 Å². The molecule has 1 heterocycles.